The molecule has 2 aromatic carbocycles. The van der Waals surface area contributed by atoms with Crippen molar-refractivity contribution in [2.45, 2.75) is 39.2 Å². The number of benzene rings is 2. The summed E-state index contributed by atoms with van der Waals surface area (Å²) in [7, 11) is 0. The number of aliphatic hydroxyl groups is 1. The Bertz CT molecular complexity index is 546. The monoisotopic (exact) mass is 272 g/mol. The van der Waals surface area contributed by atoms with Crippen LogP contribution in [0.1, 0.15) is 37.3 Å². The Labute approximate surface area is 120 Å². The van der Waals surface area contributed by atoms with E-state index in [1.54, 1.807) is 12.1 Å². The highest BCUT2D eigenvalue weighted by atomic mass is 19.1. The summed E-state index contributed by atoms with van der Waals surface area (Å²) in [5.41, 5.74) is 3.37. The van der Waals surface area contributed by atoms with E-state index in [1.807, 2.05) is 12.1 Å². The molecule has 0 aliphatic heterocycles. The van der Waals surface area contributed by atoms with E-state index in [4.69, 9.17) is 5.11 Å². The van der Waals surface area contributed by atoms with Crippen LogP contribution >= 0.6 is 0 Å². The highest BCUT2D eigenvalue weighted by Crippen LogP contribution is 2.24. The zero-order valence-electron chi connectivity index (χ0n) is 11.9. The fourth-order valence-corrected chi connectivity index (χ4v) is 2.32. The number of halogens is 1. The van der Waals surface area contributed by atoms with Crippen molar-refractivity contribution in [2.24, 2.45) is 0 Å². The van der Waals surface area contributed by atoms with Gasteiger partial charge in [0.15, 0.2) is 0 Å². The van der Waals surface area contributed by atoms with Crippen molar-refractivity contribution in [3.8, 4) is 11.1 Å². The molecule has 0 atom stereocenters. The van der Waals surface area contributed by atoms with Gasteiger partial charge in [0.2, 0.25) is 0 Å². The second-order valence-electron chi connectivity index (χ2n) is 5.13. The number of unbranched alkanes of at least 4 members (excludes halogenated alkanes) is 2. The topological polar surface area (TPSA) is 20.2 Å². The van der Waals surface area contributed by atoms with Gasteiger partial charge in [-0.1, -0.05) is 56.2 Å². The number of aliphatic hydroxyl groups excluding tert-OH is 1. The fourth-order valence-electron chi connectivity index (χ4n) is 2.32. The van der Waals surface area contributed by atoms with Crippen LogP contribution in [-0.4, -0.2) is 5.11 Å². The molecule has 2 heteroatoms. The minimum absolute atomic E-state index is 0.131. The molecule has 0 saturated heterocycles. The molecule has 1 N–H and O–H groups in total. The van der Waals surface area contributed by atoms with Crippen LogP contribution in [0.25, 0.3) is 11.1 Å². The lowest BCUT2D eigenvalue weighted by Crippen LogP contribution is -1.90. The molecule has 0 unspecified atom stereocenters. The van der Waals surface area contributed by atoms with Crippen LogP contribution in [0.3, 0.4) is 0 Å². The maximum Gasteiger partial charge on any atom is 0.131 e. The molecular formula is C18H21FO. The van der Waals surface area contributed by atoms with Gasteiger partial charge < -0.3 is 5.11 Å². The third-order valence-corrected chi connectivity index (χ3v) is 3.55. The van der Waals surface area contributed by atoms with Gasteiger partial charge in [-0.3, -0.25) is 0 Å². The lowest BCUT2D eigenvalue weighted by molar-refractivity contribution is 0.281. The second kappa shape index (κ2) is 7.20. The van der Waals surface area contributed by atoms with Gasteiger partial charge in [-0.15, -0.1) is 0 Å². The molecule has 0 aromatic heterocycles. The first-order valence-corrected chi connectivity index (χ1v) is 7.23. The van der Waals surface area contributed by atoms with Gasteiger partial charge in [0.1, 0.15) is 5.82 Å². The lowest BCUT2D eigenvalue weighted by atomic mass is 10.00. The molecule has 0 amide bonds. The van der Waals surface area contributed by atoms with Crippen molar-refractivity contribution < 1.29 is 9.50 Å². The number of hydrogen-bond donors (Lipinski definition) is 1. The first kappa shape index (κ1) is 14.7. The Balaban J connectivity index is 2.13. The van der Waals surface area contributed by atoms with Crippen molar-refractivity contribution in [1.29, 1.82) is 0 Å². The maximum atomic E-state index is 14.0. The van der Waals surface area contributed by atoms with E-state index in [2.05, 4.69) is 19.1 Å². The predicted octanol–water partition coefficient (Wildman–Crippen LogP) is 4.72. The van der Waals surface area contributed by atoms with Crippen molar-refractivity contribution in [2.75, 3.05) is 0 Å². The van der Waals surface area contributed by atoms with Crippen molar-refractivity contribution in [3.63, 3.8) is 0 Å². The summed E-state index contributed by atoms with van der Waals surface area (Å²) in [5, 5.41) is 9.00. The van der Waals surface area contributed by atoms with Gasteiger partial charge in [-0.2, -0.15) is 0 Å². The molecule has 0 saturated carbocycles. The number of hydrogen-bond acceptors (Lipinski definition) is 1. The lowest BCUT2D eigenvalue weighted by Gasteiger charge is -2.07. The van der Waals surface area contributed by atoms with Gasteiger partial charge >= 0.3 is 0 Å². The molecule has 1 nitrogen and oxygen atoms in total. The Morgan fingerprint density at radius 1 is 0.950 bits per heavy atom. The Kier molecular flexibility index (Phi) is 5.31. The average Bonchev–Trinajstić information content (AvgIpc) is 2.48. The molecule has 2 aromatic rings. The highest BCUT2D eigenvalue weighted by Gasteiger charge is 2.06. The van der Waals surface area contributed by atoms with Crippen molar-refractivity contribution >= 4 is 0 Å². The van der Waals surface area contributed by atoms with Crippen LogP contribution in [0.5, 0.6) is 0 Å². The summed E-state index contributed by atoms with van der Waals surface area (Å²) in [4.78, 5) is 0. The van der Waals surface area contributed by atoms with Crippen LogP contribution in [0.4, 0.5) is 4.39 Å². The van der Waals surface area contributed by atoms with Gasteiger partial charge in [-0.05, 0) is 35.6 Å². The second-order valence-corrected chi connectivity index (χ2v) is 5.13. The largest absolute Gasteiger partial charge is 0.392 e. The van der Waals surface area contributed by atoms with Crippen molar-refractivity contribution in [1.82, 2.24) is 0 Å². The van der Waals surface area contributed by atoms with Gasteiger partial charge in [0.25, 0.3) is 0 Å². The molecule has 0 radical (unpaired) electrons. The molecule has 0 heterocycles. The van der Waals surface area contributed by atoms with E-state index in [-0.39, 0.29) is 12.4 Å². The van der Waals surface area contributed by atoms with E-state index >= 15 is 0 Å². The molecule has 0 aliphatic rings. The van der Waals surface area contributed by atoms with E-state index in [0.717, 1.165) is 12.0 Å². The number of rotatable bonds is 6. The summed E-state index contributed by atoms with van der Waals surface area (Å²) < 4.78 is 14.0. The molecule has 106 valence electrons. The molecule has 0 spiro atoms. The Morgan fingerprint density at radius 3 is 2.25 bits per heavy atom. The van der Waals surface area contributed by atoms with E-state index in [1.165, 1.54) is 30.9 Å². The van der Waals surface area contributed by atoms with Gasteiger partial charge in [0, 0.05) is 5.56 Å². The standard InChI is InChI=1S/C18H21FO/c1-2-3-4-5-14-6-9-16(10-7-14)17-11-8-15(13-20)12-18(17)19/h6-12,20H,2-5,13H2,1H3. The number of aryl methyl sites for hydroxylation is 1. The molecule has 20 heavy (non-hydrogen) atoms. The Morgan fingerprint density at radius 2 is 1.65 bits per heavy atom. The SMILES string of the molecule is CCCCCc1ccc(-c2ccc(CO)cc2F)cc1. The van der Waals surface area contributed by atoms with E-state index < -0.39 is 0 Å². The molecule has 0 fully saturated rings. The predicted molar refractivity (Wildman–Crippen MR) is 81.0 cm³/mol. The van der Waals surface area contributed by atoms with E-state index in [0.29, 0.717) is 11.1 Å². The fraction of sp³-hybridized carbons (Fsp3) is 0.333. The van der Waals surface area contributed by atoms with Crippen LogP contribution in [0, 0.1) is 5.82 Å². The zero-order chi connectivity index (χ0) is 14.4. The third kappa shape index (κ3) is 3.67. The van der Waals surface area contributed by atoms with E-state index in [9.17, 15) is 4.39 Å². The Hall–Kier alpha value is -1.67. The van der Waals surface area contributed by atoms with Gasteiger partial charge in [0.05, 0.1) is 6.61 Å². The van der Waals surface area contributed by atoms with Crippen LogP contribution in [0.2, 0.25) is 0 Å². The third-order valence-electron chi connectivity index (χ3n) is 3.55. The minimum atomic E-state index is -0.282. The molecule has 2 rings (SSSR count). The molecule has 0 bridgehead atoms. The molecule has 0 aliphatic carbocycles. The quantitative estimate of drug-likeness (QED) is 0.754. The summed E-state index contributed by atoms with van der Waals surface area (Å²) in [6.45, 7) is 2.06. The van der Waals surface area contributed by atoms with Crippen molar-refractivity contribution in [3.05, 3.63) is 59.4 Å². The maximum absolute atomic E-state index is 14.0. The molecular weight excluding hydrogens is 251 g/mol. The first-order chi connectivity index (χ1) is 9.74. The van der Waals surface area contributed by atoms with Gasteiger partial charge in [-0.25, -0.2) is 4.39 Å². The minimum Gasteiger partial charge on any atom is -0.392 e. The first-order valence-electron chi connectivity index (χ1n) is 7.23. The van der Waals surface area contributed by atoms with Crippen LogP contribution in [0.15, 0.2) is 42.5 Å². The van der Waals surface area contributed by atoms with Crippen LogP contribution < -0.4 is 0 Å². The summed E-state index contributed by atoms with van der Waals surface area (Å²) in [5.74, 6) is -0.282. The summed E-state index contributed by atoms with van der Waals surface area (Å²) in [6.07, 6.45) is 4.76. The normalized spacial score (nSPS) is 10.8. The van der Waals surface area contributed by atoms with Crippen LogP contribution in [-0.2, 0) is 13.0 Å². The average molecular weight is 272 g/mol. The highest BCUT2D eigenvalue weighted by molar-refractivity contribution is 5.64. The summed E-state index contributed by atoms with van der Waals surface area (Å²) in [6, 6.07) is 13.0. The zero-order valence-corrected chi connectivity index (χ0v) is 11.9. The summed E-state index contributed by atoms with van der Waals surface area (Å²) >= 11 is 0. The smallest absolute Gasteiger partial charge is 0.131 e.